The number of aliphatic imine (C=N–C) groups is 1. The third-order valence-electron chi connectivity index (χ3n) is 3.54. The highest BCUT2D eigenvalue weighted by Crippen LogP contribution is 2.27. The summed E-state index contributed by atoms with van der Waals surface area (Å²) in [7, 11) is 1.63. The number of hydrogen-bond acceptors (Lipinski definition) is 3. The number of aryl methyl sites for hydroxylation is 1. The first-order valence-electron chi connectivity index (χ1n) is 6.61. The van der Waals surface area contributed by atoms with Gasteiger partial charge in [-0.05, 0) is 37.5 Å². The summed E-state index contributed by atoms with van der Waals surface area (Å²) in [5.41, 5.74) is 1.57. The zero-order chi connectivity index (χ0) is 13.0. The molecule has 1 aromatic rings. The molecule has 18 heavy (non-hydrogen) atoms. The van der Waals surface area contributed by atoms with Gasteiger partial charge in [0.05, 0.1) is 7.11 Å². The lowest BCUT2D eigenvalue weighted by molar-refractivity contribution is 0.411. The van der Waals surface area contributed by atoms with Gasteiger partial charge in [-0.15, -0.1) is 0 Å². The van der Waals surface area contributed by atoms with E-state index in [2.05, 4.69) is 4.99 Å². The summed E-state index contributed by atoms with van der Waals surface area (Å²) in [4.78, 5) is 4.59. The molecular weight excluding hydrogens is 226 g/mol. The number of benzene rings is 1. The molecule has 0 atom stereocenters. The molecular formula is C15H21NO2. The fourth-order valence-electron chi connectivity index (χ4n) is 2.40. The number of hydrogen-bond donors (Lipinski definition) is 1. The number of methoxy groups -OCH3 is 1. The van der Waals surface area contributed by atoms with Crippen molar-refractivity contribution in [2.75, 3.05) is 7.11 Å². The van der Waals surface area contributed by atoms with Crippen molar-refractivity contribution in [1.82, 2.24) is 0 Å². The zero-order valence-electron chi connectivity index (χ0n) is 11.1. The van der Waals surface area contributed by atoms with Crippen LogP contribution in [0.25, 0.3) is 0 Å². The molecule has 1 N–H and O–H groups in total. The molecule has 98 valence electrons. The van der Waals surface area contributed by atoms with Crippen molar-refractivity contribution in [2.24, 2.45) is 4.99 Å². The lowest BCUT2D eigenvalue weighted by atomic mass is 9.96. The van der Waals surface area contributed by atoms with E-state index in [0.29, 0.717) is 11.8 Å². The predicted molar refractivity (Wildman–Crippen MR) is 73.9 cm³/mol. The molecule has 1 saturated carbocycles. The lowest BCUT2D eigenvalue weighted by Crippen LogP contribution is -2.09. The summed E-state index contributed by atoms with van der Waals surface area (Å²) >= 11 is 0. The van der Waals surface area contributed by atoms with Gasteiger partial charge in [-0.3, -0.25) is 4.99 Å². The first-order chi connectivity index (χ1) is 8.70. The van der Waals surface area contributed by atoms with Crippen molar-refractivity contribution >= 4 is 6.21 Å². The van der Waals surface area contributed by atoms with E-state index in [1.165, 1.54) is 32.1 Å². The summed E-state index contributed by atoms with van der Waals surface area (Å²) in [6.45, 7) is 1.87. The average molecular weight is 247 g/mol. The van der Waals surface area contributed by atoms with Crippen molar-refractivity contribution in [3.8, 4) is 11.5 Å². The quantitative estimate of drug-likeness (QED) is 0.831. The molecule has 0 amide bonds. The third-order valence-corrected chi connectivity index (χ3v) is 3.54. The van der Waals surface area contributed by atoms with Crippen molar-refractivity contribution in [2.45, 2.75) is 45.1 Å². The molecule has 1 aliphatic rings. The van der Waals surface area contributed by atoms with Crippen molar-refractivity contribution < 1.29 is 9.84 Å². The Bertz CT molecular complexity index is 434. The SMILES string of the molecule is COc1cc(C)c(O)c(C=NC2CCCCC2)c1. The second kappa shape index (κ2) is 5.89. The Kier molecular flexibility index (Phi) is 4.24. The maximum absolute atomic E-state index is 10.0. The number of aromatic hydroxyl groups is 1. The van der Waals surface area contributed by atoms with Gasteiger partial charge in [0.25, 0.3) is 0 Å². The predicted octanol–water partition coefficient (Wildman–Crippen LogP) is 3.46. The molecule has 0 bridgehead atoms. The minimum absolute atomic E-state index is 0.301. The molecule has 0 aliphatic heterocycles. The normalized spacial score (nSPS) is 17.2. The Labute approximate surface area is 109 Å². The second-order valence-corrected chi connectivity index (χ2v) is 4.95. The zero-order valence-corrected chi connectivity index (χ0v) is 11.1. The Morgan fingerprint density at radius 3 is 2.67 bits per heavy atom. The van der Waals surface area contributed by atoms with Crippen LogP contribution >= 0.6 is 0 Å². The topological polar surface area (TPSA) is 41.8 Å². The van der Waals surface area contributed by atoms with E-state index in [1.54, 1.807) is 13.3 Å². The van der Waals surface area contributed by atoms with Crippen LogP contribution in [0.5, 0.6) is 11.5 Å². The molecule has 0 saturated heterocycles. The van der Waals surface area contributed by atoms with E-state index in [9.17, 15) is 5.11 Å². The number of phenolic OH excluding ortho intramolecular Hbond substituents is 1. The summed E-state index contributed by atoms with van der Waals surface area (Å²) in [6, 6.07) is 4.08. The Morgan fingerprint density at radius 2 is 2.00 bits per heavy atom. The fraction of sp³-hybridized carbons (Fsp3) is 0.533. The molecule has 0 spiro atoms. The van der Waals surface area contributed by atoms with Gasteiger partial charge in [-0.1, -0.05) is 19.3 Å². The van der Waals surface area contributed by atoms with Crippen LogP contribution in [-0.4, -0.2) is 24.5 Å². The van der Waals surface area contributed by atoms with Gasteiger partial charge in [0.2, 0.25) is 0 Å². The molecule has 0 aromatic heterocycles. The lowest BCUT2D eigenvalue weighted by Gasteiger charge is -2.17. The first-order valence-corrected chi connectivity index (χ1v) is 6.61. The van der Waals surface area contributed by atoms with E-state index >= 15 is 0 Å². The van der Waals surface area contributed by atoms with Crippen LogP contribution in [0.15, 0.2) is 17.1 Å². The minimum atomic E-state index is 0.301. The standard InChI is InChI=1S/C15H21NO2/c1-11-8-14(18-2)9-12(15(11)17)10-16-13-6-4-3-5-7-13/h8-10,13,17H,3-7H2,1-2H3. The van der Waals surface area contributed by atoms with E-state index in [1.807, 2.05) is 19.1 Å². The van der Waals surface area contributed by atoms with Crippen LogP contribution in [0.1, 0.15) is 43.2 Å². The highest BCUT2D eigenvalue weighted by atomic mass is 16.5. The first kappa shape index (κ1) is 12.9. The molecule has 3 nitrogen and oxygen atoms in total. The van der Waals surface area contributed by atoms with Crippen LogP contribution in [0.3, 0.4) is 0 Å². The van der Waals surface area contributed by atoms with Crippen molar-refractivity contribution in [3.63, 3.8) is 0 Å². The summed E-state index contributed by atoms with van der Waals surface area (Å²) < 4.78 is 5.21. The van der Waals surface area contributed by atoms with Gasteiger partial charge in [0.15, 0.2) is 0 Å². The van der Waals surface area contributed by atoms with Crippen LogP contribution in [-0.2, 0) is 0 Å². The number of ether oxygens (including phenoxy) is 1. The highest BCUT2D eigenvalue weighted by molar-refractivity contribution is 5.85. The molecule has 0 unspecified atom stereocenters. The van der Waals surface area contributed by atoms with Crippen LogP contribution in [0, 0.1) is 6.92 Å². The molecule has 0 heterocycles. The smallest absolute Gasteiger partial charge is 0.127 e. The molecule has 0 radical (unpaired) electrons. The number of rotatable bonds is 3. The Balaban J connectivity index is 2.16. The highest BCUT2D eigenvalue weighted by Gasteiger charge is 2.12. The van der Waals surface area contributed by atoms with Gasteiger partial charge in [-0.2, -0.15) is 0 Å². The maximum atomic E-state index is 10.0. The maximum Gasteiger partial charge on any atom is 0.127 e. The number of nitrogens with zero attached hydrogens (tertiary/aromatic N) is 1. The van der Waals surface area contributed by atoms with E-state index in [-0.39, 0.29) is 0 Å². The molecule has 3 heteroatoms. The summed E-state index contributed by atoms with van der Waals surface area (Å²) in [5.74, 6) is 1.06. The third kappa shape index (κ3) is 3.03. The summed E-state index contributed by atoms with van der Waals surface area (Å²) in [6.07, 6.45) is 7.99. The van der Waals surface area contributed by atoms with Crippen molar-refractivity contribution in [1.29, 1.82) is 0 Å². The average Bonchev–Trinajstić information content (AvgIpc) is 2.41. The van der Waals surface area contributed by atoms with Crippen LogP contribution in [0.2, 0.25) is 0 Å². The van der Waals surface area contributed by atoms with Gasteiger partial charge < -0.3 is 9.84 Å². The summed E-state index contributed by atoms with van der Waals surface area (Å²) in [5, 5.41) is 10.0. The van der Waals surface area contributed by atoms with Gasteiger partial charge in [-0.25, -0.2) is 0 Å². The minimum Gasteiger partial charge on any atom is -0.507 e. The van der Waals surface area contributed by atoms with E-state index in [4.69, 9.17) is 4.74 Å². The second-order valence-electron chi connectivity index (χ2n) is 4.95. The molecule has 1 aromatic carbocycles. The number of phenols is 1. The molecule has 1 fully saturated rings. The van der Waals surface area contributed by atoms with E-state index in [0.717, 1.165) is 16.9 Å². The monoisotopic (exact) mass is 247 g/mol. The largest absolute Gasteiger partial charge is 0.507 e. The Hall–Kier alpha value is -1.51. The molecule has 1 aliphatic carbocycles. The fourth-order valence-corrected chi connectivity index (χ4v) is 2.40. The molecule has 2 rings (SSSR count). The van der Waals surface area contributed by atoms with Crippen LogP contribution < -0.4 is 4.74 Å². The van der Waals surface area contributed by atoms with E-state index < -0.39 is 0 Å². The Morgan fingerprint density at radius 1 is 1.28 bits per heavy atom. The van der Waals surface area contributed by atoms with Crippen LogP contribution in [0.4, 0.5) is 0 Å². The van der Waals surface area contributed by atoms with Gasteiger partial charge in [0.1, 0.15) is 11.5 Å². The van der Waals surface area contributed by atoms with Gasteiger partial charge in [0, 0.05) is 17.8 Å². The van der Waals surface area contributed by atoms with Crippen molar-refractivity contribution in [3.05, 3.63) is 23.3 Å². The van der Waals surface area contributed by atoms with Gasteiger partial charge >= 0.3 is 0 Å².